The fourth-order valence-corrected chi connectivity index (χ4v) is 6.21. The molecule has 4 rings (SSSR count). The largest absolute Gasteiger partial charge is 0.243 e. The smallest absolute Gasteiger partial charge is 0.207 e. The molecule has 1 atom stereocenters. The van der Waals surface area contributed by atoms with Gasteiger partial charge < -0.3 is 0 Å². The normalized spacial score (nSPS) is 22.2. The molecule has 3 nitrogen and oxygen atoms in total. The number of sulfonamides is 1. The SMILES string of the molecule is O=S(=O)(c1ccc(C2CCCCC2)cc1)N1CCC[C@H]1c1ccc(F)cc1. The molecule has 144 valence electrons. The molecular weight excluding hydrogens is 361 g/mol. The summed E-state index contributed by atoms with van der Waals surface area (Å²) in [5.41, 5.74) is 2.11. The van der Waals surface area contributed by atoms with E-state index in [-0.39, 0.29) is 11.9 Å². The molecule has 1 aliphatic heterocycles. The molecule has 2 fully saturated rings. The van der Waals surface area contributed by atoms with E-state index in [1.54, 1.807) is 28.6 Å². The highest BCUT2D eigenvalue weighted by molar-refractivity contribution is 7.89. The van der Waals surface area contributed by atoms with Crippen LogP contribution in [0, 0.1) is 5.82 Å². The number of hydrogen-bond acceptors (Lipinski definition) is 2. The van der Waals surface area contributed by atoms with Crippen LogP contribution >= 0.6 is 0 Å². The van der Waals surface area contributed by atoms with Crippen LogP contribution in [-0.2, 0) is 10.0 Å². The topological polar surface area (TPSA) is 37.4 Å². The zero-order valence-electron chi connectivity index (χ0n) is 15.5. The predicted molar refractivity (Wildman–Crippen MR) is 105 cm³/mol. The minimum absolute atomic E-state index is 0.214. The van der Waals surface area contributed by atoms with Crippen molar-refractivity contribution in [3.63, 3.8) is 0 Å². The molecule has 0 N–H and O–H groups in total. The Bertz CT molecular complexity index is 872. The fraction of sp³-hybridized carbons (Fsp3) is 0.455. The van der Waals surface area contributed by atoms with E-state index in [2.05, 4.69) is 0 Å². The van der Waals surface area contributed by atoms with Crippen molar-refractivity contribution in [2.45, 2.75) is 61.8 Å². The third kappa shape index (κ3) is 3.81. The molecule has 2 aliphatic rings. The molecule has 27 heavy (non-hydrogen) atoms. The van der Waals surface area contributed by atoms with Gasteiger partial charge in [-0.1, -0.05) is 43.5 Å². The number of rotatable bonds is 4. The summed E-state index contributed by atoms with van der Waals surface area (Å²) in [6, 6.07) is 13.5. The standard InChI is InChI=1S/C22H26FNO2S/c23-20-12-8-19(9-13-20)22-7-4-16-24(22)27(25,26)21-14-10-18(11-15-21)17-5-2-1-3-6-17/h8-15,17,22H,1-7,16H2/t22-/m0/s1. The minimum atomic E-state index is -3.55. The second kappa shape index (κ2) is 7.72. The molecule has 5 heteroatoms. The number of nitrogens with zero attached hydrogens (tertiary/aromatic N) is 1. The zero-order valence-corrected chi connectivity index (χ0v) is 16.3. The first kappa shape index (κ1) is 18.6. The van der Waals surface area contributed by atoms with Crippen LogP contribution in [0.4, 0.5) is 4.39 Å². The molecule has 2 aromatic carbocycles. The first-order valence-electron chi connectivity index (χ1n) is 9.93. The van der Waals surface area contributed by atoms with Crippen molar-refractivity contribution < 1.29 is 12.8 Å². The Kier molecular flexibility index (Phi) is 5.33. The summed E-state index contributed by atoms with van der Waals surface area (Å²) in [6.45, 7) is 0.509. The maximum Gasteiger partial charge on any atom is 0.243 e. The number of halogens is 1. The molecule has 0 spiro atoms. The van der Waals surface area contributed by atoms with Crippen molar-refractivity contribution in [1.82, 2.24) is 4.31 Å². The van der Waals surface area contributed by atoms with Gasteiger partial charge in [-0.15, -0.1) is 0 Å². The number of hydrogen-bond donors (Lipinski definition) is 0. The lowest BCUT2D eigenvalue weighted by molar-refractivity contribution is 0.396. The molecule has 0 aromatic heterocycles. The lowest BCUT2D eigenvalue weighted by atomic mass is 9.84. The first-order valence-corrected chi connectivity index (χ1v) is 11.4. The van der Waals surface area contributed by atoms with Crippen molar-refractivity contribution >= 4 is 10.0 Å². The van der Waals surface area contributed by atoms with Gasteiger partial charge >= 0.3 is 0 Å². The fourth-order valence-electron chi connectivity index (χ4n) is 4.53. The Morgan fingerprint density at radius 1 is 0.778 bits per heavy atom. The van der Waals surface area contributed by atoms with E-state index < -0.39 is 10.0 Å². The van der Waals surface area contributed by atoms with Gasteiger partial charge in [-0.25, -0.2) is 12.8 Å². The lowest BCUT2D eigenvalue weighted by Crippen LogP contribution is -2.30. The molecule has 2 aromatic rings. The van der Waals surface area contributed by atoms with Gasteiger partial charge in [0.15, 0.2) is 0 Å². The van der Waals surface area contributed by atoms with Crippen LogP contribution in [0.25, 0.3) is 0 Å². The predicted octanol–water partition coefficient (Wildman–Crippen LogP) is 5.40. The van der Waals surface area contributed by atoms with E-state index in [9.17, 15) is 12.8 Å². The van der Waals surface area contributed by atoms with E-state index in [0.717, 1.165) is 18.4 Å². The molecule has 0 amide bonds. The third-order valence-corrected chi connectivity index (χ3v) is 7.94. The van der Waals surface area contributed by atoms with Crippen LogP contribution < -0.4 is 0 Å². The van der Waals surface area contributed by atoms with Gasteiger partial charge in [-0.05, 0) is 67.0 Å². The summed E-state index contributed by atoms with van der Waals surface area (Å²) in [4.78, 5) is 0.357. The van der Waals surface area contributed by atoms with E-state index >= 15 is 0 Å². The second-order valence-electron chi connectivity index (χ2n) is 7.73. The molecule has 0 unspecified atom stereocenters. The quantitative estimate of drug-likeness (QED) is 0.704. The van der Waals surface area contributed by atoms with Crippen LogP contribution in [0.1, 0.15) is 68.0 Å². The van der Waals surface area contributed by atoms with Gasteiger partial charge in [0.1, 0.15) is 5.82 Å². The van der Waals surface area contributed by atoms with Crippen LogP contribution in [0.5, 0.6) is 0 Å². The van der Waals surface area contributed by atoms with Crippen molar-refractivity contribution in [1.29, 1.82) is 0 Å². The molecule has 1 saturated heterocycles. The van der Waals surface area contributed by atoms with Gasteiger partial charge in [-0.2, -0.15) is 4.31 Å². The molecule has 1 heterocycles. The Hall–Kier alpha value is -1.72. The zero-order chi connectivity index (χ0) is 18.9. The molecule has 1 aliphatic carbocycles. The molecule has 1 saturated carbocycles. The van der Waals surface area contributed by atoms with Crippen molar-refractivity contribution in [3.8, 4) is 0 Å². The monoisotopic (exact) mass is 387 g/mol. The average molecular weight is 388 g/mol. The highest BCUT2D eigenvalue weighted by Crippen LogP contribution is 2.37. The van der Waals surface area contributed by atoms with E-state index in [0.29, 0.717) is 17.4 Å². The summed E-state index contributed by atoms with van der Waals surface area (Å²) in [5, 5.41) is 0. The Balaban J connectivity index is 1.57. The van der Waals surface area contributed by atoms with Gasteiger partial charge in [0.25, 0.3) is 0 Å². The summed E-state index contributed by atoms with van der Waals surface area (Å²) < 4.78 is 41.3. The van der Waals surface area contributed by atoms with Crippen LogP contribution in [-0.4, -0.2) is 19.3 Å². The summed E-state index contributed by atoms with van der Waals surface area (Å²) in [7, 11) is -3.55. The van der Waals surface area contributed by atoms with Crippen molar-refractivity contribution in [2.75, 3.05) is 6.54 Å². The van der Waals surface area contributed by atoms with Gasteiger partial charge in [-0.3, -0.25) is 0 Å². The summed E-state index contributed by atoms with van der Waals surface area (Å²) in [6.07, 6.45) is 7.82. The third-order valence-electron chi connectivity index (χ3n) is 6.02. The van der Waals surface area contributed by atoms with Crippen LogP contribution in [0.15, 0.2) is 53.4 Å². The number of benzene rings is 2. The molecular formula is C22H26FNO2S. The first-order chi connectivity index (χ1) is 13.1. The molecule has 0 bridgehead atoms. The van der Waals surface area contributed by atoms with Crippen LogP contribution in [0.2, 0.25) is 0 Å². The van der Waals surface area contributed by atoms with E-state index in [1.807, 2.05) is 12.1 Å². The van der Waals surface area contributed by atoms with Crippen LogP contribution in [0.3, 0.4) is 0 Å². The maximum absolute atomic E-state index is 13.2. The Morgan fingerprint density at radius 2 is 1.41 bits per heavy atom. The van der Waals surface area contributed by atoms with E-state index in [4.69, 9.17) is 0 Å². The average Bonchev–Trinajstić information content (AvgIpc) is 3.20. The van der Waals surface area contributed by atoms with E-state index in [1.165, 1.54) is 49.8 Å². The van der Waals surface area contributed by atoms with Gasteiger partial charge in [0.2, 0.25) is 10.0 Å². The summed E-state index contributed by atoms with van der Waals surface area (Å²) >= 11 is 0. The van der Waals surface area contributed by atoms with Crippen molar-refractivity contribution in [3.05, 3.63) is 65.5 Å². The Labute approximate surface area is 161 Å². The molecule has 0 radical (unpaired) electrons. The maximum atomic E-state index is 13.2. The lowest BCUT2D eigenvalue weighted by Gasteiger charge is -2.25. The highest BCUT2D eigenvalue weighted by Gasteiger charge is 2.36. The highest BCUT2D eigenvalue weighted by atomic mass is 32.2. The van der Waals surface area contributed by atoms with Gasteiger partial charge in [0, 0.05) is 6.54 Å². The second-order valence-corrected chi connectivity index (χ2v) is 9.62. The Morgan fingerprint density at radius 3 is 2.07 bits per heavy atom. The summed E-state index contributed by atoms with van der Waals surface area (Å²) in [5.74, 6) is 0.263. The van der Waals surface area contributed by atoms with Gasteiger partial charge in [0.05, 0.1) is 10.9 Å². The van der Waals surface area contributed by atoms with Crippen molar-refractivity contribution in [2.24, 2.45) is 0 Å². The minimum Gasteiger partial charge on any atom is -0.207 e.